The summed E-state index contributed by atoms with van der Waals surface area (Å²) in [6.07, 6.45) is 2.95. The van der Waals surface area contributed by atoms with E-state index in [1.54, 1.807) is 12.3 Å². The number of hydrogen-bond donors (Lipinski definition) is 1. The molecule has 2 aromatic heterocycles. The van der Waals surface area contributed by atoms with Crippen molar-refractivity contribution in [2.75, 3.05) is 0 Å². The van der Waals surface area contributed by atoms with Gasteiger partial charge in [0.25, 0.3) is 0 Å². The Hall–Kier alpha value is -1.91. The number of fused-ring (bicyclic) bond motifs is 1. The minimum atomic E-state index is -0.0471. The van der Waals surface area contributed by atoms with Gasteiger partial charge in [0.2, 0.25) is 0 Å². The molecular weight excluding hydrogens is 218 g/mol. The number of H-pyrrole nitrogens is 1. The number of carbonyl (C=O) groups is 1. The van der Waals surface area contributed by atoms with E-state index >= 15 is 0 Å². The van der Waals surface area contributed by atoms with Gasteiger partial charge < -0.3 is 4.52 Å². The van der Waals surface area contributed by atoms with Gasteiger partial charge in [0, 0.05) is 17.9 Å². The van der Waals surface area contributed by atoms with Gasteiger partial charge >= 0.3 is 0 Å². The average Bonchev–Trinajstić information content (AvgIpc) is 2.91. The Morgan fingerprint density at radius 2 is 2.29 bits per heavy atom. The lowest BCUT2D eigenvalue weighted by atomic mass is 9.75. The Morgan fingerprint density at radius 1 is 1.47 bits per heavy atom. The average molecular weight is 231 g/mol. The molecule has 0 amide bonds. The molecule has 17 heavy (non-hydrogen) atoms. The van der Waals surface area contributed by atoms with E-state index in [0.717, 1.165) is 12.1 Å². The van der Waals surface area contributed by atoms with Crippen LogP contribution in [0.5, 0.6) is 0 Å². The molecule has 0 bridgehead atoms. The summed E-state index contributed by atoms with van der Waals surface area (Å²) in [5, 5.41) is 10.8. The lowest BCUT2D eigenvalue weighted by molar-refractivity contribution is 0.0956. The Morgan fingerprint density at radius 3 is 3.00 bits per heavy atom. The quantitative estimate of drug-likeness (QED) is 0.817. The van der Waals surface area contributed by atoms with Gasteiger partial charge in [-0.3, -0.25) is 9.89 Å². The first-order chi connectivity index (χ1) is 8.09. The molecule has 0 radical (unpaired) electrons. The predicted molar refractivity (Wildman–Crippen MR) is 60.7 cm³/mol. The van der Waals surface area contributed by atoms with E-state index in [1.165, 1.54) is 0 Å². The van der Waals surface area contributed by atoms with Gasteiger partial charge in [-0.2, -0.15) is 5.10 Å². The van der Waals surface area contributed by atoms with Gasteiger partial charge in [-0.15, -0.1) is 0 Å². The van der Waals surface area contributed by atoms with Gasteiger partial charge in [-0.25, -0.2) is 0 Å². The molecule has 1 aliphatic carbocycles. The second kappa shape index (κ2) is 3.29. The van der Waals surface area contributed by atoms with Crippen molar-refractivity contribution in [1.29, 1.82) is 0 Å². The van der Waals surface area contributed by atoms with E-state index < -0.39 is 0 Å². The van der Waals surface area contributed by atoms with Crippen LogP contribution in [-0.2, 0) is 5.41 Å². The molecule has 0 saturated carbocycles. The molecule has 2 heterocycles. The van der Waals surface area contributed by atoms with Crippen LogP contribution < -0.4 is 0 Å². The number of nitrogens with zero attached hydrogens (tertiary/aromatic N) is 2. The van der Waals surface area contributed by atoms with E-state index in [4.69, 9.17) is 4.52 Å². The molecule has 5 heteroatoms. The molecule has 3 rings (SSSR count). The maximum Gasteiger partial charge on any atom is 0.187 e. The van der Waals surface area contributed by atoms with Crippen molar-refractivity contribution in [1.82, 2.24) is 15.4 Å². The Balaban J connectivity index is 2.22. The number of rotatable bonds is 1. The number of hydrogen-bond acceptors (Lipinski definition) is 4. The lowest BCUT2D eigenvalue weighted by Crippen LogP contribution is -2.27. The fraction of sp³-hybridized carbons (Fsp3) is 0.417. The zero-order chi connectivity index (χ0) is 12.0. The Kier molecular flexibility index (Phi) is 1.98. The summed E-state index contributed by atoms with van der Waals surface area (Å²) in [4.78, 5) is 12.0. The highest BCUT2D eigenvalue weighted by Crippen LogP contribution is 2.39. The van der Waals surface area contributed by atoms with E-state index in [2.05, 4.69) is 29.2 Å². The summed E-state index contributed by atoms with van der Waals surface area (Å²) in [6, 6.07) is 1.71. The number of carbonyl (C=O) groups excluding carboxylic acids is 1. The Labute approximate surface area is 98.2 Å². The van der Waals surface area contributed by atoms with Crippen molar-refractivity contribution in [2.24, 2.45) is 0 Å². The first kappa shape index (κ1) is 10.3. The van der Waals surface area contributed by atoms with Crippen molar-refractivity contribution in [2.45, 2.75) is 32.1 Å². The standard InChI is InChI=1S/C12H13N3O2/c1-12(2)5-3-7(16)9-10(14-15-11(9)12)8-4-6-13-17-8/h4,6H,3,5H2,1-2H3,(H,14,15). The smallest absolute Gasteiger partial charge is 0.187 e. The molecule has 0 aliphatic heterocycles. The van der Waals surface area contributed by atoms with Crippen molar-refractivity contribution in [3.63, 3.8) is 0 Å². The molecule has 0 aromatic carbocycles. The van der Waals surface area contributed by atoms with Crippen LogP contribution in [0.1, 0.15) is 42.7 Å². The monoisotopic (exact) mass is 231 g/mol. The third-order valence-electron chi connectivity index (χ3n) is 3.37. The molecule has 2 aromatic rings. The van der Waals surface area contributed by atoms with Crippen LogP contribution in [0.2, 0.25) is 0 Å². The van der Waals surface area contributed by atoms with Gasteiger partial charge in [0.1, 0.15) is 5.69 Å². The molecule has 5 nitrogen and oxygen atoms in total. The van der Waals surface area contributed by atoms with Gasteiger partial charge in [-0.1, -0.05) is 19.0 Å². The molecule has 0 fully saturated rings. The fourth-order valence-corrected chi connectivity index (χ4v) is 2.30. The van der Waals surface area contributed by atoms with Crippen LogP contribution >= 0.6 is 0 Å². The van der Waals surface area contributed by atoms with Crippen LogP contribution in [-0.4, -0.2) is 21.1 Å². The molecule has 0 atom stereocenters. The van der Waals surface area contributed by atoms with Crippen LogP contribution in [0.4, 0.5) is 0 Å². The van der Waals surface area contributed by atoms with Crippen LogP contribution in [0, 0.1) is 0 Å². The summed E-state index contributed by atoms with van der Waals surface area (Å²) in [7, 11) is 0. The first-order valence-corrected chi connectivity index (χ1v) is 5.63. The summed E-state index contributed by atoms with van der Waals surface area (Å²) in [5.41, 5.74) is 2.10. The van der Waals surface area contributed by atoms with Gasteiger partial charge in [-0.05, 0) is 6.42 Å². The number of aromatic nitrogens is 3. The number of Topliss-reactive ketones (excluding diaryl/α,β-unsaturated/α-hetero) is 1. The molecule has 0 spiro atoms. The second-order valence-electron chi connectivity index (χ2n) is 5.01. The third kappa shape index (κ3) is 1.42. The van der Waals surface area contributed by atoms with Crippen molar-refractivity contribution < 1.29 is 9.32 Å². The van der Waals surface area contributed by atoms with Gasteiger partial charge in [0.05, 0.1) is 17.5 Å². The lowest BCUT2D eigenvalue weighted by Gasteiger charge is -2.28. The normalized spacial score (nSPS) is 18.1. The second-order valence-corrected chi connectivity index (χ2v) is 5.01. The maximum atomic E-state index is 12.0. The number of ketones is 1. The Bertz CT molecular complexity index is 567. The zero-order valence-electron chi connectivity index (χ0n) is 9.78. The van der Waals surface area contributed by atoms with E-state index in [1.807, 2.05) is 0 Å². The summed E-state index contributed by atoms with van der Waals surface area (Å²) >= 11 is 0. The van der Waals surface area contributed by atoms with E-state index in [0.29, 0.717) is 23.4 Å². The minimum absolute atomic E-state index is 0.0471. The predicted octanol–water partition coefficient (Wildman–Crippen LogP) is 2.32. The highest BCUT2D eigenvalue weighted by Gasteiger charge is 2.36. The molecule has 0 saturated heterocycles. The van der Waals surface area contributed by atoms with Crippen LogP contribution in [0.15, 0.2) is 16.8 Å². The molecule has 1 aliphatic rings. The summed E-state index contributed by atoms with van der Waals surface area (Å²) in [5.74, 6) is 0.660. The minimum Gasteiger partial charge on any atom is -0.355 e. The van der Waals surface area contributed by atoms with E-state index in [9.17, 15) is 4.79 Å². The van der Waals surface area contributed by atoms with Crippen molar-refractivity contribution >= 4 is 5.78 Å². The summed E-state index contributed by atoms with van der Waals surface area (Å²) < 4.78 is 5.08. The highest BCUT2D eigenvalue weighted by molar-refractivity contribution is 6.03. The van der Waals surface area contributed by atoms with Gasteiger partial charge in [0.15, 0.2) is 11.5 Å². The maximum absolute atomic E-state index is 12.0. The van der Waals surface area contributed by atoms with Crippen molar-refractivity contribution in [3.8, 4) is 11.5 Å². The number of nitrogens with one attached hydrogen (secondary N) is 1. The largest absolute Gasteiger partial charge is 0.355 e. The SMILES string of the molecule is CC1(C)CCC(=O)c2c(-c3ccno3)n[nH]c21. The molecule has 88 valence electrons. The van der Waals surface area contributed by atoms with Crippen LogP contribution in [0.25, 0.3) is 11.5 Å². The zero-order valence-corrected chi connectivity index (χ0v) is 9.78. The third-order valence-corrected chi connectivity index (χ3v) is 3.37. The topological polar surface area (TPSA) is 71.8 Å². The highest BCUT2D eigenvalue weighted by atomic mass is 16.5. The summed E-state index contributed by atoms with van der Waals surface area (Å²) in [6.45, 7) is 4.22. The first-order valence-electron chi connectivity index (χ1n) is 5.63. The van der Waals surface area contributed by atoms with E-state index in [-0.39, 0.29) is 11.2 Å². The fourth-order valence-electron chi connectivity index (χ4n) is 2.30. The number of aromatic amines is 1. The van der Waals surface area contributed by atoms with Crippen LogP contribution in [0.3, 0.4) is 0 Å². The van der Waals surface area contributed by atoms with Crippen molar-refractivity contribution in [3.05, 3.63) is 23.5 Å². The molecule has 0 unspecified atom stereocenters. The molecular formula is C12H13N3O2. The molecule has 1 N–H and O–H groups in total.